The number of nitrogens with one attached hydrogen (secondary N) is 1. The van der Waals surface area contributed by atoms with Crippen LogP contribution in [0.2, 0.25) is 0 Å². The second kappa shape index (κ2) is 7.49. The van der Waals surface area contributed by atoms with Crippen molar-refractivity contribution in [1.82, 2.24) is 19.5 Å². The lowest BCUT2D eigenvalue weighted by Gasteiger charge is -2.17. The zero-order chi connectivity index (χ0) is 19.7. The molecule has 0 unspecified atom stereocenters. The fourth-order valence-electron chi connectivity index (χ4n) is 3.28. The molecule has 0 spiro atoms. The molecular formula is C18H18N6O4. The zero-order valence-electron chi connectivity index (χ0n) is 14.7. The first-order valence-electron chi connectivity index (χ1n) is 8.66. The summed E-state index contributed by atoms with van der Waals surface area (Å²) < 4.78 is 7.05. The normalized spacial score (nSPS) is 24.4. The molecule has 4 rings (SSSR count). The first kappa shape index (κ1) is 18.3. The van der Waals surface area contributed by atoms with Crippen molar-refractivity contribution in [3.8, 4) is 6.07 Å². The van der Waals surface area contributed by atoms with Gasteiger partial charge in [0, 0.05) is 12.4 Å². The molecule has 28 heavy (non-hydrogen) atoms. The van der Waals surface area contributed by atoms with Gasteiger partial charge in [0.15, 0.2) is 6.23 Å². The predicted octanol–water partition coefficient (Wildman–Crippen LogP) is -0.0784. The van der Waals surface area contributed by atoms with Crippen molar-refractivity contribution in [2.75, 3.05) is 11.9 Å². The molecule has 3 aromatic rings. The van der Waals surface area contributed by atoms with Gasteiger partial charge in [0.2, 0.25) is 0 Å². The molecule has 1 aliphatic rings. The number of nitriles is 1. The van der Waals surface area contributed by atoms with E-state index in [0.717, 1.165) is 5.69 Å². The van der Waals surface area contributed by atoms with E-state index in [4.69, 9.17) is 4.74 Å². The van der Waals surface area contributed by atoms with E-state index < -0.39 is 31.1 Å². The van der Waals surface area contributed by atoms with Crippen molar-refractivity contribution in [3.05, 3.63) is 48.2 Å². The number of fused-ring (bicyclic) bond motifs is 1. The number of nitrogens with zero attached hydrogens (tertiary/aromatic N) is 5. The summed E-state index contributed by atoms with van der Waals surface area (Å²) in [6.07, 6.45) is 0.0710. The second-order valence-corrected chi connectivity index (χ2v) is 6.39. The van der Waals surface area contributed by atoms with Gasteiger partial charge in [0.05, 0.1) is 29.8 Å². The van der Waals surface area contributed by atoms with Crippen LogP contribution in [0.1, 0.15) is 17.5 Å². The van der Waals surface area contributed by atoms with Crippen molar-refractivity contribution < 1.29 is 20.1 Å². The van der Waals surface area contributed by atoms with Gasteiger partial charge in [-0.3, -0.25) is 4.98 Å². The molecule has 3 aromatic heterocycles. The van der Waals surface area contributed by atoms with Gasteiger partial charge in [0.25, 0.3) is 0 Å². The predicted molar refractivity (Wildman–Crippen MR) is 96.8 cm³/mol. The van der Waals surface area contributed by atoms with Crippen molar-refractivity contribution >= 4 is 16.9 Å². The van der Waals surface area contributed by atoms with Crippen LogP contribution in [0.4, 0.5) is 5.82 Å². The van der Waals surface area contributed by atoms with Gasteiger partial charge in [-0.1, -0.05) is 6.07 Å². The molecule has 0 amide bonds. The van der Waals surface area contributed by atoms with Crippen LogP contribution in [0.3, 0.4) is 0 Å². The fraction of sp³-hybridized carbons (Fsp3) is 0.333. The monoisotopic (exact) mass is 382 g/mol. The Labute approximate surface area is 159 Å². The number of hydrogen-bond donors (Lipinski definition) is 4. The smallest absolute Gasteiger partial charge is 0.164 e. The first-order valence-corrected chi connectivity index (χ1v) is 8.66. The minimum Gasteiger partial charge on any atom is -0.394 e. The van der Waals surface area contributed by atoms with E-state index in [2.05, 4.69) is 26.3 Å². The van der Waals surface area contributed by atoms with Gasteiger partial charge < -0.3 is 29.9 Å². The number of aliphatic hydroxyl groups excluding tert-OH is 3. The Balaban J connectivity index is 1.72. The summed E-state index contributed by atoms with van der Waals surface area (Å²) in [6, 6.07) is 7.65. The number of anilines is 1. The SMILES string of the molecule is N#Cc1cn([C@@H]2O[C@H](CO)[C@@H](O)[C@H]2O)c2ncnc(NCc3ccccn3)c12. The van der Waals surface area contributed by atoms with E-state index >= 15 is 0 Å². The van der Waals surface area contributed by atoms with Crippen LogP contribution in [0.15, 0.2) is 36.9 Å². The third kappa shape index (κ3) is 3.06. The van der Waals surface area contributed by atoms with E-state index in [1.54, 1.807) is 6.20 Å². The summed E-state index contributed by atoms with van der Waals surface area (Å²) in [5.41, 5.74) is 1.46. The topological polar surface area (TPSA) is 149 Å². The quantitative estimate of drug-likeness (QED) is 0.475. The molecule has 0 radical (unpaired) electrons. The van der Waals surface area contributed by atoms with Gasteiger partial charge in [-0.15, -0.1) is 0 Å². The van der Waals surface area contributed by atoms with Crippen LogP contribution in [-0.2, 0) is 11.3 Å². The Bertz CT molecular complexity index is 1020. The summed E-state index contributed by atoms with van der Waals surface area (Å²) in [4.78, 5) is 12.7. The van der Waals surface area contributed by atoms with Crippen molar-refractivity contribution in [2.24, 2.45) is 0 Å². The molecule has 4 N–H and O–H groups in total. The third-order valence-electron chi connectivity index (χ3n) is 4.68. The lowest BCUT2D eigenvalue weighted by atomic mass is 10.1. The number of aliphatic hydroxyl groups is 3. The largest absolute Gasteiger partial charge is 0.394 e. The van der Waals surface area contributed by atoms with Crippen LogP contribution in [0.25, 0.3) is 11.0 Å². The Kier molecular flexibility index (Phi) is 4.89. The number of ether oxygens (including phenoxy) is 1. The molecule has 4 heterocycles. The number of pyridine rings is 1. The van der Waals surface area contributed by atoms with E-state index in [1.165, 1.54) is 17.1 Å². The molecule has 4 atom stereocenters. The Morgan fingerprint density at radius 1 is 1.21 bits per heavy atom. The van der Waals surface area contributed by atoms with E-state index in [0.29, 0.717) is 23.4 Å². The Hall–Kier alpha value is -3.10. The summed E-state index contributed by atoms with van der Waals surface area (Å²) in [5, 5.41) is 42.8. The molecule has 144 valence electrons. The van der Waals surface area contributed by atoms with E-state index in [1.807, 2.05) is 18.2 Å². The molecule has 0 aliphatic carbocycles. The van der Waals surface area contributed by atoms with Crippen LogP contribution in [-0.4, -0.2) is 59.8 Å². The molecule has 1 aliphatic heterocycles. The molecule has 0 aromatic carbocycles. The number of hydrogen-bond acceptors (Lipinski definition) is 9. The summed E-state index contributed by atoms with van der Waals surface area (Å²) >= 11 is 0. The minimum atomic E-state index is -1.28. The van der Waals surface area contributed by atoms with E-state index in [9.17, 15) is 20.6 Å². The van der Waals surface area contributed by atoms with Crippen LogP contribution >= 0.6 is 0 Å². The summed E-state index contributed by atoms with van der Waals surface area (Å²) in [5.74, 6) is 0.442. The van der Waals surface area contributed by atoms with Crippen LogP contribution < -0.4 is 5.32 Å². The fourth-order valence-corrected chi connectivity index (χ4v) is 3.28. The third-order valence-corrected chi connectivity index (χ3v) is 4.68. The average molecular weight is 382 g/mol. The van der Waals surface area contributed by atoms with Gasteiger partial charge in [-0.05, 0) is 12.1 Å². The second-order valence-electron chi connectivity index (χ2n) is 6.39. The average Bonchev–Trinajstić information content (AvgIpc) is 3.25. The minimum absolute atomic E-state index is 0.289. The molecule has 1 fully saturated rings. The van der Waals surface area contributed by atoms with E-state index in [-0.39, 0.29) is 5.56 Å². The maximum atomic E-state index is 10.3. The first-order chi connectivity index (χ1) is 13.6. The molecule has 1 saturated heterocycles. The van der Waals surface area contributed by atoms with Gasteiger partial charge in [0.1, 0.15) is 42.2 Å². The lowest BCUT2D eigenvalue weighted by Crippen LogP contribution is -2.33. The molecule has 0 bridgehead atoms. The highest BCUT2D eigenvalue weighted by Crippen LogP contribution is 2.34. The zero-order valence-corrected chi connectivity index (χ0v) is 14.7. The number of aromatic nitrogens is 4. The molecular weight excluding hydrogens is 364 g/mol. The van der Waals surface area contributed by atoms with Crippen molar-refractivity contribution in [2.45, 2.75) is 31.1 Å². The Morgan fingerprint density at radius 3 is 2.75 bits per heavy atom. The van der Waals surface area contributed by atoms with Gasteiger partial charge in [-0.25, -0.2) is 9.97 Å². The maximum absolute atomic E-state index is 10.3. The summed E-state index contributed by atoms with van der Waals surface area (Å²) in [6.45, 7) is -0.0399. The van der Waals surface area contributed by atoms with Crippen molar-refractivity contribution in [3.63, 3.8) is 0 Å². The Morgan fingerprint density at radius 2 is 2.07 bits per heavy atom. The standard InChI is InChI=1S/C18H18N6O4/c19-5-10-7-24(18-15(27)14(26)12(8-25)28-18)17-13(10)16(22-9-23-17)21-6-11-3-1-2-4-20-11/h1-4,7,9,12,14-15,18,25-27H,6,8H2,(H,21,22,23)/t12-,14-,15-,18-/m1/s1. The van der Waals surface area contributed by atoms with Gasteiger partial charge in [-0.2, -0.15) is 5.26 Å². The number of rotatable bonds is 5. The molecule has 0 saturated carbocycles. The highest BCUT2D eigenvalue weighted by Gasteiger charge is 2.44. The maximum Gasteiger partial charge on any atom is 0.164 e. The highest BCUT2D eigenvalue weighted by atomic mass is 16.6. The lowest BCUT2D eigenvalue weighted by molar-refractivity contribution is -0.0508. The highest BCUT2D eigenvalue weighted by molar-refractivity contribution is 5.93. The van der Waals surface area contributed by atoms with Gasteiger partial charge >= 0.3 is 0 Å². The van der Waals surface area contributed by atoms with Crippen LogP contribution in [0, 0.1) is 11.3 Å². The van der Waals surface area contributed by atoms with Crippen molar-refractivity contribution in [1.29, 1.82) is 5.26 Å². The molecule has 10 heteroatoms. The van der Waals surface area contributed by atoms with Crippen LogP contribution in [0.5, 0.6) is 0 Å². The summed E-state index contributed by atoms with van der Waals surface area (Å²) in [7, 11) is 0. The molecule has 10 nitrogen and oxygen atoms in total.